The van der Waals surface area contributed by atoms with Crippen LogP contribution in [0.4, 0.5) is 0 Å². The van der Waals surface area contributed by atoms with E-state index in [9.17, 15) is 13.2 Å². The van der Waals surface area contributed by atoms with E-state index in [2.05, 4.69) is 15.9 Å². The Hall–Kier alpha value is -0.400. The second-order valence-corrected chi connectivity index (χ2v) is 7.69. The number of amides is 1. The summed E-state index contributed by atoms with van der Waals surface area (Å²) in [5.41, 5.74) is 0. The van der Waals surface area contributed by atoms with E-state index in [1.165, 1.54) is 6.07 Å². The molecule has 7 heteroatoms. The molecular weight excluding hydrogens is 302 g/mol. The molecule has 1 aliphatic rings. The van der Waals surface area contributed by atoms with Gasteiger partial charge in [-0.15, -0.1) is 11.3 Å². The van der Waals surface area contributed by atoms with Gasteiger partial charge in [0.25, 0.3) is 10.0 Å². The third kappa shape index (κ3) is 1.95. The van der Waals surface area contributed by atoms with Gasteiger partial charge in [-0.3, -0.25) is 4.79 Å². The summed E-state index contributed by atoms with van der Waals surface area (Å²) >= 11 is 4.32. The van der Waals surface area contributed by atoms with Crippen molar-refractivity contribution >= 4 is 43.2 Å². The quantitative estimate of drug-likeness (QED) is 0.837. The highest BCUT2D eigenvalue weighted by Gasteiger charge is 2.33. The third-order valence-corrected chi connectivity index (χ3v) is 6.03. The Kier molecular flexibility index (Phi) is 2.87. The Morgan fingerprint density at radius 2 is 2.13 bits per heavy atom. The Bertz CT molecular complexity index is 494. The third-order valence-electron chi connectivity index (χ3n) is 2.12. The van der Waals surface area contributed by atoms with Crippen molar-refractivity contribution in [3.05, 3.63) is 15.9 Å². The Morgan fingerprint density at radius 3 is 2.60 bits per heavy atom. The first-order chi connectivity index (χ1) is 7.01. The van der Waals surface area contributed by atoms with Crippen LogP contribution in [0.25, 0.3) is 0 Å². The maximum Gasteiger partial charge on any atom is 0.276 e. The fourth-order valence-electron chi connectivity index (χ4n) is 1.42. The maximum absolute atomic E-state index is 12.0. The molecule has 1 aliphatic heterocycles. The van der Waals surface area contributed by atoms with Crippen molar-refractivity contribution in [1.29, 1.82) is 0 Å². The molecule has 0 atom stereocenters. The van der Waals surface area contributed by atoms with Crippen molar-refractivity contribution in [2.45, 2.75) is 17.1 Å². The van der Waals surface area contributed by atoms with Gasteiger partial charge in [-0.2, -0.15) is 0 Å². The van der Waals surface area contributed by atoms with Gasteiger partial charge in [0.1, 0.15) is 4.21 Å². The molecule has 2 rings (SSSR count). The van der Waals surface area contributed by atoms with E-state index in [0.29, 0.717) is 19.4 Å². The number of rotatable bonds is 2. The SMILES string of the molecule is O=C1CCCN1S(=O)(=O)c1ccc(Br)s1. The molecule has 0 N–H and O–H groups in total. The molecule has 1 fully saturated rings. The smallest absolute Gasteiger partial charge is 0.274 e. The monoisotopic (exact) mass is 309 g/mol. The molecule has 1 aromatic heterocycles. The molecular formula is C8H8BrNO3S2. The number of hydrogen-bond donors (Lipinski definition) is 0. The summed E-state index contributed by atoms with van der Waals surface area (Å²) in [5.74, 6) is -0.306. The summed E-state index contributed by atoms with van der Waals surface area (Å²) in [5, 5.41) is 0. The van der Waals surface area contributed by atoms with E-state index in [4.69, 9.17) is 0 Å². The number of carbonyl (C=O) groups excluding carboxylic acids is 1. The van der Waals surface area contributed by atoms with E-state index in [1.54, 1.807) is 6.07 Å². The molecule has 0 radical (unpaired) electrons. The van der Waals surface area contributed by atoms with Crippen molar-refractivity contribution < 1.29 is 13.2 Å². The second kappa shape index (κ2) is 3.88. The van der Waals surface area contributed by atoms with Gasteiger partial charge >= 0.3 is 0 Å². The van der Waals surface area contributed by atoms with Crippen LogP contribution in [0.2, 0.25) is 0 Å². The molecule has 82 valence electrons. The van der Waals surface area contributed by atoms with Gasteiger partial charge in [0.05, 0.1) is 3.79 Å². The van der Waals surface area contributed by atoms with E-state index in [-0.39, 0.29) is 10.1 Å². The predicted molar refractivity (Wildman–Crippen MR) is 60.2 cm³/mol. The minimum atomic E-state index is -3.59. The molecule has 0 unspecified atom stereocenters. The normalized spacial score (nSPS) is 17.4. The zero-order valence-corrected chi connectivity index (χ0v) is 10.9. The minimum absolute atomic E-state index is 0.213. The van der Waals surface area contributed by atoms with E-state index >= 15 is 0 Å². The van der Waals surface area contributed by atoms with Crippen LogP contribution in [0.5, 0.6) is 0 Å². The molecule has 0 saturated carbocycles. The number of carbonyl (C=O) groups is 1. The van der Waals surface area contributed by atoms with E-state index < -0.39 is 10.0 Å². The summed E-state index contributed by atoms with van der Waals surface area (Å²) in [7, 11) is -3.59. The van der Waals surface area contributed by atoms with Gasteiger partial charge in [0.15, 0.2) is 0 Å². The first-order valence-corrected chi connectivity index (χ1v) is 7.38. The molecule has 0 aromatic carbocycles. The van der Waals surface area contributed by atoms with E-state index in [0.717, 1.165) is 19.4 Å². The maximum atomic E-state index is 12.0. The number of thiophene rings is 1. The van der Waals surface area contributed by atoms with Gasteiger partial charge in [-0.25, -0.2) is 12.7 Å². The van der Waals surface area contributed by atoms with Crippen LogP contribution in [-0.2, 0) is 14.8 Å². The lowest BCUT2D eigenvalue weighted by Crippen LogP contribution is -2.31. The van der Waals surface area contributed by atoms with Crippen LogP contribution in [0.15, 0.2) is 20.1 Å². The number of nitrogens with zero attached hydrogens (tertiary/aromatic N) is 1. The lowest BCUT2D eigenvalue weighted by Gasteiger charge is -2.13. The summed E-state index contributed by atoms with van der Waals surface area (Å²) in [6, 6.07) is 3.17. The Balaban J connectivity index is 2.39. The zero-order valence-electron chi connectivity index (χ0n) is 7.64. The fraction of sp³-hybridized carbons (Fsp3) is 0.375. The van der Waals surface area contributed by atoms with Gasteiger partial charge < -0.3 is 0 Å². The predicted octanol–water partition coefficient (Wildman–Crippen LogP) is 1.82. The number of sulfonamides is 1. The highest BCUT2D eigenvalue weighted by molar-refractivity contribution is 9.11. The molecule has 2 heterocycles. The standard InChI is InChI=1S/C8H8BrNO3S2/c9-6-3-4-8(14-6)15(12,13)10-5-1-2-7(10)11/h3-4H,1-2,5H2. The van der Waals surface area contributed by atoms with Crippen LogP contribution < -0.4 is 0 Å². The Morgan fingerprint density at radius 1 is 1.40 bits per heavy atom. The highest BCUT2D eigenvalue weighted by Crippen LogP contribution is 2.30. The van der Waals surface area contributed by atoms with Crippen LogP contribution in [0.3, 0.4) is 0 Å². The molecule has 1 aromatic rings. The molecule has 15 heavy (non-hydrogen) atoms. The van der Waals surface area contributed by atoms with Gasteiger partial charge in [-0.05, 0) is 34.5 Å². The molecule has 1 saturated heterocycles. The van der Waals surface area contributed by atoms with Crippen LogP contribution in [0, 0.1) is 0 Å². The van der Waals surface area contributed by atoms with Crippen molar-refractivity contribution in [3.63, 3.8) is 0 Å². The second-order valence-electron chi connectivity index (χ2n) is 3.13. The van der Waals surface area contributed by atoms with Crippen LogP contribution >= 0.6 is 27.3 Å². The lowest BCUT2D eigenvalue weighted by atomic mass is 10.4. The van der Waals surface area contributed by atoms with Crippen molar-refractivity contribution in [1.82, 2.24) is 4.31 Å². The summed E-state index contributed by atoms with van der Waals surface area (Å²) in [6.45, 7) is 0.302. The lowest BCUT2D eigenvalue weighted by molar-refractivity contribution is -0.123. The molecule has 4 nitrogen and oxygen atoms in total. The molecule has 0 aliphatic carbocycles. The first kappa shape index (κ1) is 11.1. The van der Waals surface area contributed by atoms with Gasteiger partial charge in [0.2, 0.25) is 5.91 Å². The molecule has 0 bridgehead atoms. The topological polar surface area (TPSA) is 54.5 Å². The van der Waals surface area contributed by atoms with Crippen molar-refractivity contribution in [3.8, 4) is 0 Å². The molecule has 0 spiro atoms. The fourth-order valence-corrected chi connectivity index (χ4v) is 5.01. The summed E-state index contributed by atoms with van der Waals surface area (Å²) in [6.07, 6.45) is 0.941. The summed E-state index contributed by atoms with van der Waals surface area (Å²) < 4.78 is 25.8. The van der Waals surface area contributed by atoms with Crippen LogP contribution in [0.1, 0.15) is 12.8 Å². The Labute approximate surface area is 100 Å². The number of hydrogen-bond acceptors (Lipinski definition) is 4. The van der Waals surface area contributed by atoms with Crippen molar-refractivity contribution in [2.24, 2.45) is 0 Å². The zero-order chi connectivity index (χ0) is 11.1. The molecule has 1 amide bonds. The van der Waals surface area contributed by atoms with Crippen molar-refractivity contribution in [2.75, 3.05) is 6.54 Å². The van der Waals surface area contributed by atoms with E-state index in [1.807, 2.05) is 0 Å². The van der Waals surface area contributed by atoms with Gasteiger partial charge in [0, 0.05) is 13.0 Å². The minimum Gasteiger partial charge on any atom is -0.274 e. The average Bonchev–Trinajstić information content (AvgIpc) is 2.74. The largest absolute Gasteiger partial charge is 0.276 e. The summed E-state index contributed by atoms with van der Waals surface area (Å²) in [4.78, 5) is 11.3. The number of halogens is 1. The highest BCUT2D eigenvalue weighted by atomic mass is 79.9. The average molecular weight is 310 g/mol. The first-order valence-electron chi connectivity index (χ1n) is 4.33. The van der Waals surface area contributed by atoms with Crippen LogP contribution in [-0.4, -0.2) is 25.2 Å². The van der Waals surface area contributed by atoms with Gasteiger partial charge in [-0.1, -0.05) is 0 Å².